The van der Waals surface area contributed by atoms with Gasteiger partial charge in [0.1, 0.15) is 0 Å². The predicted octanol–water partition coefficient (Wildman–Crippen LogP) is 2.56. The fourth-order valence-electron chi connectivity index (χ4n) is 2.32. The number of halogens is 1. The Morgan fingerprint density at radius 1 is 1.26 bits per heavy atom. The van der Waals surface area contributed by atoms with E-state index in [1.807, 2.05) is 32.9 Å². The van der Waals surface area contributed by atoms with Crippen molar-refractivity contribution in [3.05, 3.63) is 28.2 Å². The third-order valence-electron chi connectivity index (χ3n) is 3.15. The summed E-state index contributed by atoms with van der Waals surface area (Å²) in [6, 6.07) is 5.32. The van der Waals surface area contributed by atoms with Crippen molar-refractivity contribution in [1.29, 1.82) is 0 Å². The Hall–Kier alpha value is -0.430. The summed E-state index contributed by atoms with van der Waals surface area (Å²) in [6.07, 6.45) is -0.156. The molecule has 2 atom stereocenters. The van der Waals surface area contributed by atoms with Gasteiger partial charge in [0.15, 0.2) is 0 Å². The van der Waals surface area contributed by atoms with Crippen LogP contribution in [0.2, 0.25) is 0 Å². The molecule has 0 bridgehead atoms. The second-order valence-electron chi connectivity index (χ2n) is 4.99. The molecule has 0 unspecified atom stereocenters. The fraction of sp³-hybridized carbons (Fsp3) is 0.538. The average molecular weight is 348 g/mol. The van der Waals surface area contributed by atoms with Gasteiger partial charge in [-0.25, -0.2) is 8.42 Å². The number of sulfonamides is 1. The van der Waals surface area contributed by atoms with Crippen molar-refractivity contribution >= 4 is 26.0 Å². The normalized spacial score (nSPS) is 25.5. The zero-order valence-electron chi connectivity index (χ0n) is 11.3. The van der Waals surface area contributed by atoms with Gasteiger partial charge in [-0.1, -0.05) is 22.0 Å². The van der Waals surface area contributed by atoms with E-state index < -0.39 is 10.0 Å². The summed E-state index contributed by atoms with van der Waals surface area (Å²) in [5, 5.41) is 0. The maximum absolute atomic E-state index is 12.7. The third kappa shape index (κ3) is 3.18. The first-order valence-electron chi connectivity index (χ1n) is 6.22. The van der Waals surface area contributed by atoms with Crippen LogP contribution >= 0.6 is 15.9 Å². The average Bonchev–Trinajstić information content (AvgIpc) is 2.31. The molecule has 1 heterocycles. The summed E-state index contributed by atoms with van der Waals surface area (Å²) in [7, 11) is -3.46. The minimum Gasteiger partial charge on any atom is -0.373 e. The smallest absolute Gasteiger partial charge is 0.243 e. The topological polar surface area (TPSA) is 46.6 Å². The van der Waals surface area contributed by atoms with Crippen LogP contribution in [0.5, 0.6) is 0 Å². The Balaban J connectivity index is 2.39. The Morgan fingerprint density at radius 2 is 1.84 bits per heavy atom. The van der Waals surface area contributed by atoms with Gasteiger partial charge in [-0.2, -0.15) is 4.31 Å². The number of rotatable bonds is 2. The molecule has 0 spiro atoms. The molecule has 1 aromatic rings. The SMILES string of the molecule is Cc1ccc(Br)cc1S(=O)(=O)N1C[C@@H](C)O[C@@H](C)C1. The molecule has 1 fully saturated rings. The van der Waals surface area contributed by atoms with Crippen molar-refractivity contribution in [2.75, 3.05) is 13.1 Å². The zero-order valence-corrected chi connectivity index (χ0v) is 13.7. The molecule has 4 nitrogen and oxygen atoms in total. The summed E-state index contributed by atoms with van der Waals surface area (Å²) in [6.45, 7) is 6.40. The zero-order chi connectivity index (χ0) is 14.2. The van der Waals surface area contributed by atoms with Crippen LogP contribution in [0.4, 0.5) is 0 Å². The molecule has 106 valence electrons. The van der Waals surface area contributed by atoms with E-state index in [0.717, 1.165) is 10.0 Å². The summed E-state index contributed by atoms with van der Waals surface area (Å²) < 4.78 is 33.3. The Kier molecular flexibility index (Phi) is 4.35. The van der Waals surface area contributed by atoms with Gasteiger partial charge in [-0.05, 0) is 38.5 Å². The van der Waals surface area contributed by atoms with Crippen molar-refractivity contribution in [1.82, 2.24) is 4.31 Å². The molecule has 0 N–H and O–H groups in total. The number of nitrogens with zero attached hydrogens (tertiary/aromatic N) is 1. The Morgan fingerprint density at radius 3 is 2.42 bits per heavy atom. The number of morpholine rings is 1. The van der Waals surface area contributed by atoms with Gasteiger partial charge >= 0.3 is 0 Å². The highest BCUT2D eigenvalue weighted by atomic mass is 79.9. The van der Waals surface area contributed by atoms with E-state index in [1.165, 1.54) is 4.31 Å². The molecular weight excluding hydrogens is 330 g/mol. The van der Waals surface area contributed by atoms with Gasteiger partial charge in [0.05, 0.1) is 17.1 Å². The maximum Gasteiger partial charge on any atom is 0.243 e. The lowest BCUT2D eigenvalue weighted by Crippen LogP contribution is -2.48. The van der Waals surface area contributed by atoms with Crippen LogP contribution < -0.4 is 0 Å². The molecule has 0 saturated carbocycles. The van der Waals surface area contributed by atoms with Gasteiger partial charge < -0.3 is 4.74 Å². The van der Waals surface area contributed by atoms with Gasteiger partial charge in [0.25, 0.3) is 0 Å². The lowest BCUT2D eigenvalue weighted by atomic mass is 10.2. The fourth-order valence-corrected chi connectivity index (χ4v) is 4.67. The first kappa shape index (κ1) is 15.0. The highest BCUT2D eigenvalue weighted by molar-refractivity contribution is 9.10. The molecule has 1 aliphatic rings. The summed E-state index contributed by atoms with van der Waals surface area (Å²) in [4.78, 5) is 0.364. The third-order valence-corrected chi connectivity index (χ3v) is 5.62. The first-order valence-corrected chi connectivity index (χ1v) is 8.46. The summed E-state index contributed by atoms with van der Waals surface area (Å²) in [5.41, 5.74) is 0.759. The lowest BCUT2D eigenvalue weighted by Gasteiger charge is -2.34. The molecule has 0 aliphatic carbocycles. The number of ether oxygens (including phenoxy) is 1. The van der Waals surface area contributed by atoms with E-state index in [9.17, 15) is 8.42 Å². The molecule has 0 aromatic heterocycles. The van der Waals surface area contributed by atoms with E-state index in [2.05, 4.69) is 15.9 Å². The van der Waals surface area contributed by atoms with Crippen molar-refractivity contribution in [2.45, 2.75) is 37.9 Å². The van der Waals surface area contributed by atoms with Crippen molar-refractivity contribution < 1.29 is 13.2 Å². The molecule has 2 rings (SSSR count). The lowest BCUT2D eigenvalue weighted by molar-refractivity contribution is -0.0440. The van der Waals surface area contributed by atoms with Crippen LogP contribution in [-0.2, 0) is 14.8 Å². The molecule has 0 radical (unpaired) electrons. The molecular formula is C13H18BrNO3S. The number of aryl methyl sites for hydroxylation is 1. The van der Waals surface area contributed by atoms with E-state index in [-0.39, 0.29) is 12.2 Å². The highest BCUT2D eigenvalue weighted by Crippen LogP contribution is 2.26. The predicted molar refractivity (Wildman–Crippen MR) is 77.6 cm³/mol. The monoisotopic (exact) mass is 347 g/mol. The first-order chi connectivity index (χ1) is 8.80. The Bertz CT molecular complexity index is 563. The van der Waals surface area contributed by atoms with Gasteiger partial charge in [0.2, 0.25) is 10.0 Å². The van der Waals surface area contributed by atoms with Gasteiger partial charge in [-0.3, -0.25) is 0 Å². The molecule has 1 saturated heterocycles. The number of benzene rings is 1. The van der Waals surface area contributed by atoms with Crippen LogP contribution in [0.3, 0.4) is 0 Å². The van der Waals surface area contributed by atoms with Crippen molar-refractivity contribution in [3.8, 4) is 0 Å². The second kappa shape index (κ2) is 5.52. The van der Waals surface area contributed by atoms with E-state index in [1.54, 1.807) is 6.07 Å². The maximum atomic E-state index is 12.7. The highest BCUT2D eigenvalue weighted by Gasteiger charge is 2.33. The van der Waals surface area contributed by atoms with Crippen molar-refractivity contribution in [3.63, 3.8) is 0 Å². The number of hydrogen-bond donors (Lipinski definition) is 0. The van der Waals surface area contributed by atoms with Crippen molar-refractivity contribution in [2.24, 2.45) is 0 Å². The van der Waals surface area contributed by atoms with Crippen LogP contribution in [0.15, 0.2) is 27.6 Å². The summed E-state index contributed by atoms with van der Waals surface area (Å²) in [5.74, 6) is 0. The van der Waals surface area contributed by atoms with E-state index >= 15 is 0 Å². The Labute approximate surface area is 122 Å². The van der Waals surface area contributed by atoms with Gasteiger partial charge in [-0.15, -0.1) is 0 Å². The van der Waals surface area contributed by atoms with Gasteiger partial charge in [0, 0.05) is 17.6 Å². The molecule has 19 heavy (non-hydrogen) atoms. The molecule has 6 heteroatoms. The van der Waals surface area contributed by atoms with E-state index in [4.69, 9.17) is 4.74 Å². The van der Waals surface area contributed by atoms with Crippen LogP contribution in [-0.4, -0.2) is 38.0 Å². The van der Waals surface area contributed by atoms with Crippen LogP contribution in [0, 0.1) is 6.92 Å². The number of hydrogen-bond acceptors (Lipinski definition) is 3. The summed E-state index contributed by atoms with van der Waals surface area (Å²) >= 11 is 3.33. The molecule has 0 amide bonds. The second-order valence-corrected chi connectivity index (χ2v) is 7.81. The van der Waals surface area contributed by atoms with E-state index in [0.29, 0.717) is 18.0 Å². The van der Waals surface area contributed by atoms with Crippen LogP contribution in [0.1, 0.15) is 19.4 Å². The molecule has 1 aromatic carbocycles. The minimum atomic E-state index is -3.46. The van der Waals surface area contributed by atoms with Crippen LogP contribution in [0.25, 0.3) is 0 Å². The minimum absolute atomic E-state index is 0.0778. The standard InChI is InChI=1S/C13H18BrNO3S/c1-9-4-5-12(14)6-13(9)19(16,17)15-7-10(2)18-11(3)8-15/h4-6,10-11H,7-8H2,1-3H3/t10-,11+. The quantitative estimate of drug-likeness (QED) is 0.825. The largest absolute Gasteiger partial charge is 0.373 e. The molecule has 1 aliphatic heterocycles.